The second kappa shape index (κ2) is 8.05. The number of carbonyl (C=O) groups is 1. The Labute approximate surface area is 167 Å². The summed E-state index contributed by atoms with van der Waals surface area (Å²) in [6.07, 6.45) is 3.85. The first-order chi connectivity index (χ1) is 14.1. The van der Waals surface area contributed by atoms with E-state index in [1.807, 2.05) is 54.2 Å². The van der Waals surface area contributed by atoms with Crippen LogP contribution in [0.15, 0.2) is 59.3 Å². The van der Waals surface area contributed by atoms with Crippen molar-refractivity contribution in [1.29, 1.82) is 0 Å². The molecule has 0 saturated heterocycles. The first kappa shape index (κ1) is 18.5. The molecule has 29 heavy (non-hydrogen) atoms. The molecular weight excluding hydrogens is 370 g/mol. The normalized spacial score (nSPS) is 10.8. The lowest BCUT2D eigenvalue weighted by molar-refractivity contribution is 0.0929. The minimum Gasteiger partial charge on any atom is -0.493 e. The first-order valence-electron chi connectivity index (χ1n) is 9.22. The lowest BCUT2D eigenvalue weighted by atomic mass is 10.2. The Bertz CT molecular complexity index is 1130. The van der Waals surface area contributed by atoms with E-state index >= 15 is 0 Å². The van der Waals surface area contributed by atoms with Crippen molar-refractivity contribution in [3.63, 3.8) is 0 Å². The predicted octanol–water partition coefficient (Wildman–Crippen LogP) is 3.17. The van der Waals surface area contributed by atoms with E-state index < -0.39 is 0 Å². The van der Waals surface area contributed by atoms with Crippen molar-refractivity contribution in [1.82, 2.24) is 19.9 Å². The third-order valence-corrected chi connectivity index (χ3v) is 4.36. The van der Waals surface area contributed by atoms with Gasteiger partial charge in [-0.15, -0.1) is 0 Å². The molecule has 0 saturated carbocycles. The number of rotatable bonds is 7. The zero-order valence-corrected chi connectivity index (χ0v) is 16.2. The number of nitrogens with one attached hydrogen (secondary N) is 2. The molecule has 0 spiro atoms. The van der Waals surface area contributed by atoms with Crippen LogP contribution in [0.5, 0.6) is 5.75 Å². The van der Waals surface area contributed by atoms with Crippen LogP contribution in [0.25, 0.3) is 16.8 Å². The van der Waals surface area contributed by atoms with Gasteiger partial charge in [0.2, 0.25) is 0 Å². The van der Waals surface area contributed by atoms with Gasteiger partial charge in [0.15, 0.2) is 17.1 Å². The molecule has 1 aromatic carbocycles. The van der Waals surface area contributed by atoms with Crippen LogP contribution in [0.1, 0.15) is 16.4 Å². The molecule has 8 nitrogen and oxygen atoms in total. The van der Waals surface area contributed by atoms with Crippen LogP contribution in [0, 0.1) is 6.92 Å². The van der Waals surface area contributed by atoms with Crippen LogP contribution in [0.2, 0.25) is 0 Å². The molecule has 1 amide bonds. The highest BCUT2D eigenvalue weighted by molar-refractivity contribution is 5.97. The van der Waals surface area contributed by atoms with Crippen molar-refractivity contribution in [2.24, 2.45) is 0 Å². The van der Waals surface area contributed by atoms with E-state index in [0.717, 1.165) is 11.2 Å². The summed E-state index contributed by atoms with van der Waals surface area (Å²) in [4.78, 5) is 21.2. The first-order valence-corrected chi connectivity index (χ1v) is 9.22. The Hall–Kier alpha value is -3.81. The minimum absolute atomic E-state index is 0.247. The molecule has 3 heterocycles. The maximum Gasteiger partial charge on any atom is 0.287 e. The van der Waals surface area contributed by atoms with Crippen molar-refractivity contribution in [3.8, 4) is 11.6 Å². The molecule has 0 aliphatic rings. The van der Waals surface area contributed by atoms with E-state index in [1.54, 1.807) is 19.2 Å². The van der Waals surface area contributed by atoms with Crippen LogP contribution < -0.4 is 15.4 Å². The number of fused-ring (bicyclic) bond motifs is 1. The number of para-hydroxylation sites is 1. The van der Waals surface area contributed by atoms with Crippen LogP contribution in [0.4, 0.5) is 5.82 Å². The smallest absolute Gasteiger partial charge is 0.287 e. The summed E-state index contributed by atoms with van der Waals surface area (Å²) in [6, 6.07) is 13.0. The van der Waals surface area contributed by atoms with Gasteiger partial charge in [0, 0.05) is 36.9 Å². The Kier molecular flexibility index (Phi) is 5.15. The average molecular weight is 391 g/mol. The third-order valence-electron chi connectivity index (χ3n) is 4.36. The van der Waals surface area contributed by atoms with Gasteiger partial charge < -0.3 is 24.4 Å². The summed E-state index contributed by atoms with van der Waals surface area (Å²) in [5.41, 5.74) is 0.562. The topological polar surface area (TPSA) is 94.2 Å². The largest absolute Gasteiger partial charge is 0.493 e. The maximum atomic E-state index is 12.4. The molecule has 0 radical (unpaired) electrons. The van der Waals surface area contributed by atoms with Crippen LogP contribution >= 0.6 is 0 Å². The number of benzene rings is 1. The summed E-state index contributed by atoms with van der Waals surface area (Å²) in [6.45, 7) is 2.77. The van der Waals surface area contributed by atoms with E-state index in [0.29, 0.717) is 36.1 Å². The number of aryl methyl sites for hydroxylation is 1. The quantitative estimate of drug-likeness (QED) is 0.470. The van der Waals surface area contributed by atoms with Crippen molar-refractivity contribution >= 4 is 22.7 Å². The van der Waals surface area contributed by atoms with Gasteiger partial charge in [-0.3, -0.25) is 4.79 Å². The fraction of sp³-hybridized carbons (Fsp3) is 0.190. The summed E-state index contributed by atoms with van der Waals surface area (Å²) >= 11 is 0. The Balaban J connectivity index is 1.36. The van der Waals surface area contributed by atoms with Crippen molar-refractivity contribution in [2.45, 2.75) is 6.92 Å². The molecule has 0 aliphatic carbocycles. The number of carbonyl (C=O) groups excluding carboxylic acids is 1. The van der Waals surface area contributed by atoms with Crippen molar-refractivity contribution < 1.29 is 13.9 Å². The van der Waals surface area contributed by atoms with Crippen molar-refractivity contribution in [3.05, 3.63) is 66.4 Å². The van der Waals surface area contributed by atoms with Crippen LogP contribution in [-0.4, -0.2) is 40.6 Å². The molecule has 4 aromatic rings. The van der Waals surface area contributed by atoms with Gasteiger partial charge in [-0.05, 0) is 31.2 Å². The standard InChI is InChI=1S/C21H21N5O3/c1-14-24-18(13-19(25-14)26-10-3-4-11-26)22-8-9-23-21(27)17-12-15-6-5-7-16(28-2)20(15)29-17/h3-7,10-13H,8-9H2,1-2H3,(H,23,27)(H,22,24,25). The molecule has 0 aliphatic heterocycles. The predicted molar refractivity (Wildman–Crippen MR) is 110 cm³/mol. The monoisotopic (exact) mass is 391 g/mol. The number of aromatic nitrogens is 3. The number of nitrogens with zero attached hydrogens (tertiary/aromatic N) is 3. The lowest BCUT2D eigenvalue weighted by Crippen LogP contribution is -2.28. The van der Waals surface area contributed by atoms with E-state index in [9.17, 15) is 4.79 Å². The molecule has 4 rings (SSSR count). The molecular formula is C21H21N5O3. The summed E-state index contributed by atoms with van der Waals surface area (Å²) in [5.74, 6) is 2.71. The number of anilines is 1. The number of ether oxygens (including phenoxy) is 1. The lowest BCUT2D eigenvalue weighted by Gasteiger charge is -2.09. The highest BCUT2D eigenvalue weighted by Gasteiger charge is 2.14. The molecule has 148 valence electrons. The number of methoxy groups -OCH3 is 1. The SMILES string of the molecule is COc1cccc2cc(C(=O)NCCNc3cc(-n4cccc4)nc(C)n3)oc12. The zero-order valence-electron chi connectivity index (χ0n) is 16.2. The highest BCUT2D eigenvalue weighted by Crippen LogP contribution is 2.28. The van der Waals surface area contributed by atoms with Gasteiger partial charge in [-0.25, -0.2) is 9.97 Å². The molecule has 0 atom stereocenters. The van der Waals surface area contributed by atoms with Gasteiger partial charge in [0.05, 0.1) is 7.11 Å². The number of amides is 1. The van der Waals surface area contributed by atoms with Gasteiger partial charge in [-0.1, -0.05) is 12.1 Å². The van der Waals surface area contributed by atoms with Crippen LogP contribution in [-0.2, 0) is 0 Å². The van der Waals surface area contributed by atoms with E-state index in [4.69, 9.17) is 9.15 Å². The van der Waals surface area contributed by atoms with Gasteiger partial charge >= 0.3 is 0 Å². The second-order valence-corrected chi connectivity index (χ2v) is 6.42. The fourth-order valence-electron chi connectivity index (χ4n) is 3.02. The molecule has 0 bridgehead atoms. The average Bonchev–Trinajstić information content (AvgIpc) is 3.40. The maximum absolute atomic E-state index is 12.4. The Morgan fingerprint density at radius 1 is 1.14 bits per heavy atom. The van der Waals surface area contributed by atoms with Crippen molar-refractivity contribution in [2.75, 3.05) is 25.5 Å². The minimum atomic E-state index is -0.281. The molecule has 0 unspecified atom stereocenters. The Morgan fingerprint density at radius 2 is 1.97 bits per heavy atom. The zero-order chi connectivity index (χ0) is 20.2. The molecule has 8 heteroatoms. The van der Waals surface area contributed by atoms with E-state index in [2.05, 4.69) is 20.6 Å². The highest BCUT2D eigenvalue weighted by atomic mass is 16.5. The Morgan fingerprint density at radius 3 is 2.76 bits per heavy atom. The molecule has 0 fully saturated rings. The van der Waals surface area contributed by atoms with E-state index in [-0.39, 0.29) is 11.7 Å². The second-order valence-electron chi connectivity index (χ2n) is 6.42. The summed E-state index contributed by atoms with van der Waals surface area (Å²) in [5, 5.41) is 6.87. The van der Waals surface area contributed by atoms with Gasteiger partial charge in [0.25, 0.3) is 5.91 Å². The molecule has 2 N–H and O–H groups in total. The van der Waals surface area contributed by atoms with E-state index in [1.165, 1.54) is 0 Å². The number of hydrogen-bond acceptors (Lipinski definition) is 6. The van der Waals surface area contributed by atoms with Crippen LogP contribution in [0.3, 0.4) is 0 Å². The van der Waals surface area contributed by atoms with Gasteiger partial charge in [-0.2, -0.15) is 0 Å². The summed E-state index contributed by atoms with van der Waals surface area (Å²) in [7, 11) is 1.57. The summed E-state index contributed by atoms with van der Waals surface area (Å²) < 4.78 is 12.8. The third kappa shape index (κ3) is 4.06. The number of hydrogen-bond donors (Lipinski definition) is 2. The fourth-order valence-corrected chi connectivity index (χ4v) is 3.02. The number of furan rings is 1. The van der Waals surface area contributed by atoms with Gasteiger partial charge in [0.1, 0.15) is 17.5 Å². The molecule has 3 aromatic heterocycles.